The predicted molar refractivity (Wildman–Crippen MR) is 92.7 cm³/mol. The Kier molecular flexibility index (Phi) is 7.19. The van der Waals surface area contributed by atoms with Crippen molar-refractivity contribution in [2.75, 3.05) is 26.4 Å². The fraction of sp³-hybridized carbons (Fsp3) is 0.588. The second-order valence-electron chi connectivity index (χ2n) is 6.32. The molecular formula is C17H20Cl2F3NO3. The van der Waals surface area contributed by atoms with Gasteiger partial charge in [0.05, 0.1) is 12.0 Å². The Morgan fingerprint density at radius 3 is 2.58 bits per heavy atom. The van der Waals surface area contributed by atoms with Crippen LogP contribution in [0.15, 0.2) is 18.2 Å². The third-order valence-corrected chi connectivity index (χ3v) is 4.79. The van der Waals surface area contributed by atoms with Gasteiger partial charge in [-0.25, -0.2) is 0 Å². The van der Waals surface area contributed by atoms with Crippen LogP contribution in [-0.4, -0.2) is 44.6 Å². The van der Waals surface area contributed by atoms with Crippen molar-refractivity contribution in [3.8, 4) is 0 Å². The smallest absolute Gasteiger partial charge is 0.381 e. The van der Waals surface area contributed by atoms with Crippen LogP contribution in [0.4, 0.5) is 13.2 Å². The lowest BCUT2D eigenvalue weighted by Crippen LogP contribution is -2.51. The average Bonchev–Trinajstić information content (AvgIpc) is 2.54. The van der Waals surface area contributed by atoms with Crippen molar-refractivity contribution in [1.82, 2.24) is 5.32 Å². The number of carbonyl (C=O) groups excluding carboxylic acids is 1. The summed E-state index contributed by atoms with van der Waals surface area (Å²) in [5.74, 6) is -0.312. The highest BCUT2D eigenvalue weighted by Crippen LogP contribution is 2.40. The molecule has 1 aromatic rings. The highest BCUT2D eigenvalue weighted by molar-refractivity contribution is 6.35. The van der Waals surface area contributed by atoms with Crippen molar-refractivity contribution < 1.29 is 27.4 Å². The van der Waals surface area contributed by atoms with Crippen LogP contribution >= 0.6 is 23.2 Å². The Morgan fingerprint density at radius 2 is 2.00 bits per heavy atom. The van der Waals surface area contributed by atoms with Crippen molar-refractivity contribution in [2.24, 2.45) is 0 Å². The Morgan fingerprint density at radius 1 is 1.35 bits per heavy atom. The van der Waals surface area contributed by atoms with Gasteiger partial charge in [0.2, 0.25) is 5.91 Å². The molecule has 0 spiro atoms. The number of rotatable bonds is 6. The zero-order chi connectivity index (χ0) is 19.4. The van der Waals surface area contributed by atoms with Gasteiger partial charge < -0.3 is 14.8 Å². The van der Waals surface area contributed by atoms with Crippen LogP contribution in [0.1, 0.15) is 25.3 Å². The molecule has 0 aromatic heterocycles. The lowest BCUT2D eigenvalue weighted by Gasteiger charge is -2.37. The lowest BCUT2D eigenvalue weighted by atomic mass is 9.73. The third-order valence-electron chi connectivity index (χ3n) is 4.24. The SMILES string of the molecule is CC(COCC(F)(F)F)NC(=O)C1(c2ccc(Cl)cc2Cl)CCOCC1. The largest absolute Gasteiger partial charge is 0.411 e. The summed E-state index contributed by atoms with van der Waals surface area (Å²) in [6.07, 6.45) is -3.57. The number of alkyl halides is 3. The molecule has 9 heteroatoms. The maximum atomic E-state index is 13.0. The molecule has 1 atom stereocenters. The van der Waals surface area contributed by atoms with Gasteiger partial charge in [-0.2, -0.15) is 13.2 Å². The minimum Gasteiger partial charge on any atom is -0.381 e. The molecular weight excluding hydrogens is 394 g/mol. The summed E-state index contributed by atoms with van der Waals surface area (Å²) in [5.41, 5.74) is -0.286. The second-order valence-corrected chi connectivity index (χ2v) is 7.17. The van der Waals surface area contributed by atoms with Crippen molar-refractivity contribution in [2.45, 2.75) is 37.4 Å². The molecule has 1 aromatic carbocycles. The molecule has 146 valence electrons. The molecule has 0 aliphatic carbocycles. The van der Waals surface area contributed by atoms with Crippen molar-refractivity contribution in [3.63, 3.8) is 0 Å². The molecule has 1 heterocycles. The van der Waals surface area contributed by atoms with Crippen LogP contribution in [0.2, 0.25) is 10.0 Å². The normalized spacial score (nSPS) is 18.4. The summed E-state index contributed by atoms with van der Waals surface area (Å²) in [6.45, 7) is 0.753. The first-order chi connectivity index (χ1) is 12.1. The number of ether oxygens (including phenoxy) is 2. The molecule has 0 saturated carbocycles. The predicted octanol–water partition coefficient (Wildman–Crippen LogP) is 4.13. The molecule has 1 fully saturated rings. The van der Waals surface area contributed by atoms with E-state index in [1.54, 1.807) is 25.1 Å². The molecule has 1 unspecified atom stereocenters. The minimum absolute atomic E-state index is 0.244. The maximum Gasteiger partial charge on any atom is 0.411 e. The molecule has 1 aliphatic rings. The van der Waals surface area contributed by atoms with Gasteiger partial charge >= 0.3 is 6.18 Å². The van der Waals surface area contributed by atoms with Gasteiger partial charge in [0.25, 0.3) is 0 Å². The summed E-state index contributed by atoms with van der Waals surface area (Å²) in [7, 11) is 0. The molecule has 0 radical (unpaired) electrons. The van der Waals surface area contributed by atoms with Crippen LogP contribution in [0.3, 0.4) is 0 Å². The number of carbonyl (C=O) groups is 1. The van der Waals surface area contributed by atoms with Crippen molar-refractivity contribution >= 4 is 29.1 Å². The number of benzene rings is 1. The Hall–Kier alpha value is -1.02. The zero-order valence-electron chi connectivity index (χ0n) is 14.2. The van der Waals surface area contributed by atoms with Gasteiger partial charge in [0.1, 0.15) is 6.61 Å². The third kappa shape index (κ3) is 5.49. The van der Waals surface area contributed by atoms with Crippen LogP contribution in [0.5, 0.6) is 0 Å². The number of hydrogen-bond donors (Lipinski definition) is 1. The van der Waals surface area contributed by atoms with E-state index < -0.39 is 24.2 Å². The summed E-state index contributed by atoms with van der Waals surface area (Å²) in [5, 5.41) is 3.56. The summed E-state index contributed by atoms with van der Waals surface area (Å²) >= 11 is 12.3. The fourth-order valence-electron chi connectivity index (χ4n) is 2.97. The lowest BCUT2D eigenvalue weighted by molar-refractivity contribution is -0.175. The minimum atomic E-state index is -4.40. The number of halogens is 5. The fourth-order valence-corrected chi connectivity index (χ4v) is 3.56. The highest BCUT2D eigenvalue weighted by Gasteiger charge is 2.43. The molecule has 2 rings (SSSR count). The van der Waals surface area contributed by atoms with Crippen molar-refractivity contribution in [3.05, 3.63) is 33.8 Å². The summed E-state index contributed by atoms with van der Waals surface area (Å²) in [6, 6.07) is 4.35. The van der Waals surface area contributed by atoms with Gasteiger partial charge in [-0.3, -0.25) is 4.79 Å². The van der Waals surface area contributed by atoms with Crippen LogP contribution in [0, 0.1) is 0 Å². The molecule has 4 nitrogen and oxygen atoms in total. The van der Waals surface area contributed by atoms with E-state index in [1.807, 2.05) is 0 Å². The van der Waals surface area contributed by atoms with E-state index in [0.29, 0.717) is 41.7 Å². The Balaban J connectivity index is 2.12. The molecule has 0 bridgehead atoms. The van der Waals surface area contributed by atoms with Crippen LogP contribution in [0.25, 0.3) is 0 Å². The van der Waals surface area contributed by atoms with E-state index in [9.17, 15) is 18.0 Å². The number of hydrogen-bond acceptors (Lipinski definition) is 3. The number of nitrogens with one attached hydrogen (secondary N) is 1. The number of amides is 1. The Labute approximate surface area is 159 Å². The van der Waals surface area contributed by atoms with Crippen LogP contribution < -0.4 is 5.32 Å². The van der Waals surface area contributed by atoms with E-state index in [4.69, 9.17) is 27.9 Å². The zero-order valence-corrected chi connectivity index (χ0v) is 15.7. The molecule has 1 N–H and O–H groups in total. The molecule has 26 heavy (non-hydrogen) atoms. The van der Waals surface area contributed by atoms with E-state index >= 15 is 0 Å². The summed E-state index contributed by atoms with van der Waals surface area (Å²) in [4.78, 5) is 13.0. The van der Waals surface area contributed by atoms with Crippen LogP contribution in [-0.2, 0) is 19.7 Å². The van der Waals surface area contributed by atoms with Gasteiger partial charge in [-0.05, 0) is 37.5 Å². The Bertz CT molecular complexity index is 634. The molecule has 1 amide bonds. The first-order valence-corrected chi connectivity index (χ1v) is 8.88. The van der Waals surface area contributed by atoms with Gasteiger partial charge in [0, 0.05) is 29.3 Å². The van der Waals surface area contributed by atoms with Gasteiger partial charge in [-0.15, -0.1) is 0 Å². The monoisotopic (exact) mass is 413 g/mol. The quantitative estimate of drug-likeness (QED) is 0.762. The highest BCUT2D eigenvalue weighted by atomic mass is 35.5. The first-order valence-electron chi connectivity index (χ1n) is 8.13. The molecule has 1 saturated heterocycles. The standard InChI is InChI=1S/C17H20Cl2F3NO3/c1-11(9-26-10-17(20,21)22)23-15(24)16(4-6-25-7-5-16)13-3-2-12(18)8-14(13)19/h2-3,8,11H,4-7,9-10H2,1H3,(H,23,24). The first kappa shape index (κ1) is 21.3. The van der Waals surface area contributed by atoms with Gasteiger partial charge in [-0.1, -0.05) is 29.3 Å². The molecule has 1 aliphatic heterocycles. The topological polar surface area (TPSA) is 47.6 Å². The average molecular weight is 414 g/mol. The van der Waals surface area contributed by atoms with Crippen molar-refractivity contribution in [1.29, 1.82) is 0 Å². The van der Waals surface area contributed by atoms with E-state index in [2.05, 4.69) is 10.1 Å². The second kappa shape index (κ2) is 8.78. The van der Waals surface area contributed by atoms with Gasteiger partial charge in [0.15, 0.2) is 0 Å². The van der Waals surface area contributed by atoms with E-state index in [1.165, 1.54) is 0 Å². The maximum absolute atomic E-state index is 13.0. The summed E-state index contributed by atoms with van der Waals surface area (Å²) < 4.78 is 46.5. The van der Waals surface area contributed by atoms with E-state index in [-0.39, 0.29) is 12.5 Å². The van der Waals surface area contributed by atoms with E-state index in [0.717, 1.165) is 0 Å².